The molecule has 1 atom stereocenters. The Bertz CT molecular complexity index is 998. The van der Waals surface area contributed by atoms with E-state index in [0.717, 1.165) is 37.5 Å². The van der Waals surface area contributed by atoms with Crippen molar-refractivity contribution >= 4 is 27.4 Å². The lowest BCUT2D eigenvalue weighted by molar-refractivity contribution is -0.123. The molecule has 0 bridgehead atoms. The normalized spacial score (nSPS) is 19.0. The van der Waals surface area contributed by atoms with Crippen molar-refractivity contribution in [2.75, 3.05) is 6.26 Å². The summed E-state index contributed by atoms with van der Waals surface area (Å²) in [4.78, 5) is 25.5. The molecule has 0 saturated carbocycles. The number of carbonyl (C=O) groups excluding carboxylic acids is 2. The maximum absolute atomic E-state index is 12.9. The molecule has 0 radical (unpaired) electrons. The van der Waals surface area contributed by atoms with E-state index in [1.807, 2.05) is 42.8 Å². The summed E-state index contributed by atoms with van der Waals surface area (Å²) in [5.41, 5.74) is 1.20. The fraction of sp³-hybridized carbons (Fsp3) is 0.478. The minimum absolute atomic E-state index is 0.188. The Balaban J connectivity index is 2.39. The summed E-state index contributed by atoms with van der Waals surface area (Å²) in [7, 11) is -3.80. The van der Waals surface area contributed by atoms with Gasteiger partial charge in [-0.1, -0.05) is 61.9 Å². The smallest absolute Gasteiger partial charge is 0.270 e. The Morgan fingerprint density at radius 1 is 1.20 bits per heavy atom. The fourth-order valence-corrected chi connectivity index (χ4v) is 3.81. The van der Waals surface area contributed by atoms with E-state index in [1.165, 1.54) is 6.42 Å². The number of sulfonamides is 1. The Hall–Kier alpha value is -2.59. The summed E-state index contributed by atoms with van der Waals surface area (Å²) in [5.74, 6) is 4.76. The molecule has 0 fully saturated rings. The van der Waals surface area contributed by atoms with Gasteiger partial charge in [0, 0.05) is 12.8 Å². The third-order valence-electron chi connectivity index (χ3n) is 4.87. The highest BCUT2D eigenvalue weighted by atomic mass is 32.2. The van der Waals surface area contributed by atoms with Gasteiger partial charge in [-0.15, -0.1) is 5.92 Å². The standard InChI is InChI=1S/C23H30N2O4S/c1-5-6-7-8-9-10-15-23(3)16-19(18-13-11-17(2)12-14-18)20(21(26)24-23)22(27)25-30(4,28)29/h11-14H,5-9,16H2,1-4H3,(H,24,26)(H,25,27)/t23-/m1/s1. The highest BCUT2D eigenvalue weighted by Crippen LogP contribution is 2.33. The van der Waals surface area contributed by atoms with Crippen molar-refractivity contribution in [1.82, 2.24) is 10.0 Å². The summed E-state index contributed by atoms with van der Waals surface area (Å²) in [6.45, 7) is 5.92. The summed E-state index contributed by atoms with van der Waals surface area (Å²) in [5, 5.41) is 2.80. The number of nitrogens with one attached hydrogen (secondary N) is 2. The van der Waals surface area contributed by atoms with Crippen LogP contribution >= 0.6 is 0 Å². The second kappa shape index (κ2) is 9.94. The van der Waals surface area contributed by atoms with Crippen LogP contribution in [0.3, 0.4) is 0 Å². The molecule has 0 spiro atoms. The quantitative estimate of drug-likeness (QED) is 0.395. The summed E-state index contributed by atoms with van der Waals surface area (Å²) in [6, 6.07) is 7.43. The summed E-state index contributed by atoms with van der Waals surface area (Å²) in [6.07, 6.45) is 6.39. The number of carbonyl (C=O) groups is 2. The molecule has 1 heterocycles. The molecule has 7 heteroatoms. The van der Waals surface area contributed by atoms with Crippen LogP contribution in [0.1, 0.15) is 63.5 Å². The molecule has 1 aromatic rings. The van der Waals surface area contributed by atoms with Crippen molar-refractivity contribution in [2.45, 2.75) is 64.8 Å². The molecule has 0 saturated heterocycles. The van der Waals surface area contributed by atoms with E-state index in [-0.39, 0.29) is 5.57 Å². The highest BCUT2D eigenvalue weighted by Gasteiger charge is 2.38. The monoisotopic (exact) mass is 430 g/mol. The van der Waals surface area contributed by atoms with E-state index in [9.17, 15) is 18.0 Å². The average Bonchev–Trinajstić information content (AvgIpc) is 2.63. The zero-order valence-electron chi connectivity index (χ0n) is 18.1. The first-order chi connectivity index (χ1) is 14.0. The molecule has 2 N–H and O–H groups in total. The second-order valence-corrected chi connectivity index (χ2v) is 9.75. The molecule has 6 nitrogen and oxygen atoms in total. The topological polar surface area (TPSA) is 92.3 Å². The van der Waals surface area contributed by atoms with Crippen LogP contribution in [0.15, 0.2) is 29.8 Å². The number of hydrogen-bond donors (Lipinski definition) is 2. The Kier molecular flexibility index (Phi) is 7.85. The Labute approximate surface area is 179 Å². The molecule has 2 rings (SSSR count). The number of amides is 2. The SMILES string of the molecule is CCCCCCC#C[C@]1(C)CC(c2ccc(C)cc2)=C(C(=O)NS(C)(=O)=O)C(=O)N1. The van der Waals surface area contributed by atoms with E-state index in [1.54, 1.807) is 0 Å². The maximum Gasteiger partial charge on any atom is 0.270 e. The molecule has 0 unspecified atom stereocenters. The lowest BCUT2D eigenvalue weighted by atomic mass is 9.82. The molecular formula is C23H30N2O4S. The van der Waals surface area contributed by atoms with Gasteiger partial charge in [0.1, 0.15) is 11.1 Å². The molecule has 0 aromatic heterocycles. The highest BCUT2D eigenvalue weighted by molar-refractivity contribution is 7.89. The predicted octanol–water partition coefficient (Wildman–Crippen LogP) is 3.08. The van der Waals surface area contributed by atoms with Gasteiger partial charge < -0.3 is 5.32 Å². The predicted molar refractivity (Wildman–Crippen MR) is 119 cm³/mol. The first kappa shape index (κ1) is 23.7. The molecule has 1 aliphatic heterocycles. The number of aryl methyl sites for hydroxylation is 1. The van der Waals surface area contributed by atoms with Crippen LogP contribution in [0.2, 0.25) is 0 Å². The molecule has 30 heavy (non-hydrogen) atoms. The van der Waals surface area contributed by atoms with Crippen LogP contribution in [0.25, 0.3) is 5.57 Å². The van der Waals surface area contributed by atoms with Crippen molar-refractivity contribution in [3.05, 3.63) is 41.0 Å². The largest absolute Gasteiger partial charge is 0.335 e. The second-order valence-electron chi connectivity index (χ2n) is 8.00. The molecule has 1 aliphatic rings. The lowest BCUT2D eigenvalue weighted by Crippen LogP contribution is -2.51. The van der Waals surface area contributed by atoms with E-state index in [0.29, 0.717) is 17.6 Å². The van der Waals surface area contributed by atoms with Crippen molar-refractivity contribution in [3.8, 4) is 11.8 Å². The van der Waals surface area contributed by atoms with Gasteiger partial charge in [0.05, 0.1) is 6.26 Å². The van der Waals surface area contributed by atoms with Crippen molar-refractivity contribution < 1.29 is 18.0 Å². The third kappa shape index (κ3) is 6.74. The minimum Gasteiger partial charge on any atom is -0.335 e. The van der Waals surface area contributed by atoms with Gasteiger partial charge in [0.2, 0.25) is 10.0 Å². The first-order valence-corrected chi connectivity index (χ1v) is 12.1. The first-order valence-electron chi connectivity index (χ1n) is 10.2. The summed E-state index contributed by atoms with van der Waals surface area (Å²) < 4.78 is 25.0. The fourth-order valence-electron chi connectivity index (χ4n) is 3.37. The van der Waals surface area contributed by atoms with Crippen LogP contribution in [0.5, 0.6) is 0 Å². The number of benzene rings is 1. The lowest BCUT2D eigenvalue weighted by Gasteiger charge is -2.33. The third-order valence-corrected chi connectivity index (χ3v) is 5.43. The Morgan fingerprint density at radius 3 is 2.47 bits per heavy atom. The van der Waals surface area contributed by atoms with Gasteiger partial charge in [-0.2, -0.15) is 0 Å². The molecule has 1 aromatic carbocycles. The van der Waals surface area contributed by atoms with Crippen molar-refractivity contribution in [1.29, 1.82) is 0 Å². The zero-order valence-corrected chi connectivity index (χ0v) is 18.9. The van der Waals surface area contributed by atoms with Gasteiger partial charge >= 0.3 is 0 Å². The maximum atomic E-state index is 12.9. The van der Waals surface area contributed by atoms with E-state index >= 15 is 0 Å². The minimum atomic E-state index is -3.80. The van der Waals surface area contributed by atoms with Crippen LogP contribution in [0.4, 0.5) is 0 Å². The van der Waals surface area contributed by atoms with Gasteiger partial charge in [-0.25, -0.2) is 13.1 Å². The zero-order chi connectivity index (χ0) is 22.4. The molecule has 0 aliphatic carbocycles. The Morgan fingerprint density at radius 2 is 1.87 bits per heavy atom. The molecule has 2 amide bonds. The number of unbranched alkanes of at least 4 members (excludes halogenated alkanes) is 4. The van der Waals surface area contributed by atoms with Crippen LogP contribution < -0.4 is 10.0 Å². The molecular weight excluding hydrogens is 400 g/mol. The van der Waals surface area contributed by atoms with E-state index < -0.39 is 27.4 Å². The van der Waals surface area contributed by atoms with Crippen molar-refractivity contribution in [3.63, 3.8) is 0 Å². The van der Waals surface area contributed by atoms with Crippen LogP contribution in [-0.4, -0.2) is 32.0 Å². The number of hydrogen-bond acceptors (Lipinski definition) is 4. The van der Waals surface area contributed by atoms with Gasteiger partial charge in [-0.3, -0.25) is 9.59 Å². The van der Waals surface area contributed by atoms with Gasteiger partial charge in [0.15, 0.2) is 0 Å². The van der Waals surface area contributed by atoms with Gasteiger partial charge in [0.25, 0.3) is 11.8 Å². The van der Waals surface area contributed by atoms with Crippen LogP contribution in [-0.2, 0) is 19.6 Å². The van der Waals surface area contributed by atoms with Gasteiger partial charge in [-0.05, 0) is 31.4 Å². The number of rotatable bonds is 7. The molecule has 162 valence electrons. The van der Waals surface area contributed by atoms with E-state index in [2.05, 4.69) is 24.1 Å². The van der Waals surface area contributed by atoms with E-state index in [4.69, 9.17) is 0 Å². The van der Waals surface area contributed by atoms with Crippen LogP contribution in [0, 0.1) is 18.8 Å². The van der Waals surface area contributed by atoms with Crippen molar-refractivity contribution in [2.24, 2.45) is 0 Å². The average molecular weight is 431 g/mol. The summed E-state index contributed by atoms with van der Waals surface area (Å²) >= 11 is 0.